The molecule has 1 heterocycles. The van der Waals surface area contributed by atoms with Crippen molar-refractivity contribution in [2.75, 3.05) is 0 Å². The van der Waals surface area contributed by atoms with Crippen molar-refractivity contribution in [3.63, 3.8) is 0 Å². The summed E-state index contributed by atoms with van der Waals surface area (Å²) in [6.07, 6.45) is 3.34. The number of nitrogens with two attached hydrogens (primary N) is 1. The van der Waals surface area contributed by atoms with E-state index in [1.54, 1.807) is 6.20 Å². The third kappa shape index (κ3) is 3.09. The van der Waals surface area contributed by atoms with Gasteiger partial charge in [-0.15, -0.1) is 0 Å². The van der Waals surface area contributed by atoms with Crippen LogP contribution in [0.25, 0.3) is 0 Å². The number of aromatic amines is 1. The number of carboxylic acid groups (broad SMARTS) is 1. The second-order valence-electron chi connectivity index (χ2n) is 2.23. The fourth-order valence-corrected chi connectivity index (χ4v) is 0.721. The van der Waals surface area contributed by atoms with E-state index in [1.165, 1.54) is 6.33 Å². The van der Waals surface area contributed by atoms with E-state index in [9.17, 15) is 4.79 Å². The fourth-order valence-electron chi connectivity index (χ4n) is 0.721. The van der Waals surface area contributed by atoms with E-state index in [0.29, 0.717) is 0 Å². The zero-order chi connectivity index (χ0) is 8.27. The van der Waals surface area contributed by atoms with E-state index < -0.39 is 12.0 Å². The zero-order valence-corrected chi connectivity index (χ0v) is 5.82. The molecular weight excluding hydrogens is 153 g/mol. The van der Waals surface area contributed by atoms with Gasteiger partial charge in [0.25, 0.3) is 0 Å². The summed E-state index contributed by atoms with van der Waals surface area (Å²) in [6, 6.07) is -0.851. The van der Waals surface area contributed by atoms with Crippen LogP contribution in [0.3, 0.4) is 0 Å². The van der Waals surface area contributed by atoms with Crippen LogP contribution < -0.4 is 5.73 Å². The Bertz CT molecular complexity index is 237. The van der Waals surface area contributed by atoms with Crippen molar-refractivity contribution in [3.8, 4) is 0 Å². The Balaban J connectivity index is 0.00000121. The van der Waals surface area contributed by atoms with Gasteiger partial charge in [0.1, 0.15) is 6.04 Å². The zero-order valence-electron chi connectivity index (χ0n) is 5.82. The standard InChI is InChI=1S/C6H9N3O2.Li.H/c7-5(6(10)11)1-4-2-8-3-9-4;;/h2-3,5H,1,7H2,(H,8,9)(H,10,11);;/t5-;;/m0../s1. The second kappa shape index (κ2) is 4.99. The molecular formula is C6H10LiN3O2. The molecule has 0 aromatic carbocycles. The maximum absolute atomic E-state index is 10.3. The Labute approximate surface area is 81.5 Å². The van der Waals surface area contributed by atoms with Crippen molar-refractivity contribution >= 4 is 24.8 Å². The molecule has 1 aromatic heterocycles. The molecule has 1 atom stereocenters. The number of carboxylic acids is 1. The van der Waals surface area contributed by atoms with Crippen LogP contribution in [-0.4, -0.2) is 45.9 Å². The number of rotatable bonds is 3. The van der Waals surface area contributed by atoms with Gasteiger partial charge in [-0.05, 0) is 0 Å². The minimum absolute atomic E-state index is 0. The predicted octanol–water partition coefficient (Wildman–Crippen LogP) is -1.28. The molecule has 0 saturated carbocycles. The molecule has 0 radical (unpaired) electrons. The molecule has 0 fully saturated rings. The number of nitrogens with zero attached hydrogens (tertiary/aromatic N) is 1. The molecule has 0 saturated heterocycles. The van der Waals surface area contributed by atoms with Crippen LogP contribution in [-0.2, 0) is 11.2 Å². The van der Waals surface area contributed by atoms with Crippen LogP contribution in [0.2, 0.25) is 0 Å². The molecule has 0 spiro atoms. The summed E-state index contributed by atoms with van der Waals surface area (Å²) in [5, 5.41) is 8.42. The van der Waals surface area contributed by atoms with E-state index in [4.69, 9.17) is 10.8 Å². The third-order valence-electron chi connectivity index (χ3n) is 1.31. The maximum atomic E-state index is 10.3. The van der Waals surface area contributed by atoms with E-state index >= 15 is 0 Å². The van der Waals surface area contributed by atoms with Crippen LogP contribution >= 0.6 is 0 Å². The number of nitrogens with one attached hydrogen (secondary N) is 1. The molecule has 0 aliphatic carbocycles. The van der Waals surface area contributed by atoms with Crippen LogP contribution in [0.15, 0.2) is 12.5 Å². The van der Waals surface area contributed by atoms with Crippen molar-refractivity contribution in [3.05, 3.63) is 18.2 Å². The Morgan fingerprint density at radius 3 is 2.92 bits per heavy atom. The summed E-state index contributed by atoms with van der Waals surface area (Å²) in [7, 11) is 0. The molecule has 4 N–H and O–H groups in total. The van der Waals surface area contributed by atoms with Gasteiger partial charge in [0, 0.05) is 18.3 Å². The average Bonchev–Trinajstić information content (AvgIpc) is 2.39. The van der Waals surface area contributed by atoms with Gasteiger partial charge in [0.15, 0.2) is 0 Å². The number of carbonyl (C=O) groups is 1. The predicted molar refractivity (Wildman–Crippen MR) is 45.1 cm³/mol. The molecule has 5 nitrogen and oxygen atoms in total. The molecule has 62 valence electrons. The van der Waals surface area contributed by atoms with Crippen LogP contribution in [0.1, 0.15) is 5.69 Å². The Hall–Kier alpha value is -0.763. The molecule has 0 aliphatic rings. The van der Waals surface area contributed by atoms with Gasteiger partial charge in [0.05, 0.1) is 6.33 Å². The fraction of sp³-hybridized carbons (Fsp3) is 0.333. The van der Waals surface area contributed by atoms with Crippen molar-refractivity contribution in [2.24, 2.45) is 5.73 Å². The van der Waals surface area contributed by atoms with Gasteiger partial charge in [-0.1, -0.05) is 0 Å². The first-order chi connectivity index (χ1) is 5.20. The second-order valence-corrected chi connectivity index (χ2v) is 2.23. The van der Waals surface area contributed by atoms with Gasteiger partial charge in [0.2, 0.25) is 0 Å². The van der Waals surface area contributed by atoms with Crippen molar-refractivity contribution in [1.29, 1.82) is 0 Å². The Morgan fingerprint density at radius 1 is 1.83 bits per heavy atom. The Morgan fingerprint density at radius 2 is 2.50 bits per heavy atom. The van der Waals surface area contributed by atoms with Gasteiger partial charge >= 0.3 is 24.8 Å². The minimum atomic E-state index is -1.00. The molecule has 0 amide bonds. The van der Waals surface area contributed by atoms with Gasteiger partial charge < -0.3 is 15.8 Å². The van der Waals surface area contributed by atoms with Crippen LogP contribution in [0.5, 0.6) is 0 Å². The summed E-state index contributed by atoms with van der Waals surface area (Å²) < 4.78 is 0. The monoisotopic (exact) mass is 163 g/mol. The summed E-state index contributed by atoms with van der Waals surface area (Å²) in [5.74, 6) is -1.00. The number of imidazole rings is 1. The van der Waals surface area contributed by atoms with Gasteiger partial charge in [-0.3, -0.25) is 4.79 Å². The van der Waals surface area contributed by atoms with Crippen LogP contribution in [0, 0.1) is 0 Å². The van der Waals surface area contributed by atoms with Gasteiger partial charge in [-0.25, -0.2) is 4.98 Å². The average molecular weight is 163 g/mol. The SMILES string of the molecule is N[C@@H](Cc1cnc[nH]1)C(=O)O.[LiH]. The van der Waals surface area contributed by atoms with Crippen molar-refractivity contribution < 1.29 is 9.90 Å². The summed E-state index contributed by atoms with van der Waals surface area (Å²) in [6.45, 7) is 0. The first kappa shape index (κ1) is 11.2. The third-order valence-corrected chi connectivity index (χ3v) is 1.31. The topological polar surface area (TPSA) is 92.0 Å². The van der Waals surface area contributed by atoms with E-state index in [0.717, 1.165) is 5.69 Å². The van der Waals surface area contributed by atoms with E-state index in [1.807, 2.05) is 0 Å². The summed E-state index contributed by atoms with van der Waals surface area (Å²) >= 11 is 0. The Kier molecular flexibility index (Phi) is 4.67. The van der Waals surface area contributed by atoms with E-state index in [2.05, 4.69) is 9.97 Å². The van der Waals surface area contributed by atoms with Crippen LogP contribution in [0.4, 0.5) is 0 Å². The van der Waals surface area contributed by atoms with Crippen molar-refractivity contribution in [1.82, 2.24) is 9.97 Å². The van der Waals surface area contributed by atoms with E-state index in [-0.39, 0.29) is 25.3 Å². The quantitative estimate of drug-likeness (QED) is 0.483. The molecule has 6 heteroatoms. The number of aromatic nitrogens is 2. The first-order valence-electron chi connectivity index (χ1n) is 3.16. The summed E-state index contributed by atoms with van der Waals surface area (Å²) in [4.78, 5) is 16.8. The molecule has 12 heavy (non-hydrogen) atoms. The molecule has 0 bridgehead atoms. The molecule has 0 aliphatic heterocycles. The molecule has 1 aromatic rings. The normalized spacial score (nSPS) is 11.8. The molecule has 1 rings (SSSR count). The van der Waals surface area contributed by atoms with Gasteiger partial charge in [-0.2, -0.15) is 0 Å². The van der Waals surface area contributed by atoms with Crippen molar-refractivity contribution in [2.45, 2.75) is 12.5 Å². The first-order valence-corrected chi connectivity index (χ1v) is 3.16. The number of hydrogen-bond donors (Lipinski definition) is 3. The number of H-pyrrole nitrogens is 1. The molecule has 0 unspecified atom stereocenters. The number of aliphatic carboxylic acids is 1. The number of hydrogen-bond acceptors (Lipinski definition) is 3. The summed E-state index contributed by atoms with van der Waals surface area (Å²) in [5.41, 5.74) is 6.00.